The number of nitrogens with one attached hydrogen (secondary N) is 1. The molecular formula is C26H26ClN3O5S2. The van der Waals surface area contributed by atoms with E-state index >= 15 is 0 Å². The van der Waals surface area contributed by atoms with Crippen LogP contribution in [0.2, 0.25) is 5.02 Å². The second kappa shape index (κ2) is 10.1. The van der Waals surface area contributed by atoms with Gasteiger partial charge in [0.1, 0.15) is 0 Å². The standard InChI is InChI=1S/C26H26ClN3O5S2/c27-21-9-12-24(13-10-21)37(34,35)30-16-14-19-8-11-22(17-25(19)30)28-26(31)20-5-4-15-29(18-20)36(32,33)23-6-2-1-3-7-23/h1-3,6-13,17,20H,4-5,14-16,18H2,(H,28,31)/t20-/m0/s1. The molecule has 1 saturated heterocycles. The summed E-state index contributed by atoms with van der Waals surface area (Å²) in [6, 6.07) is 19.4. The largest absolute Gasteiger partial charge is 0.326 e. The molecule has 0 saturated carbocycles. The smallest absolute Gasteiger partial charge is 0.264 e. The van der Waals surface area contributed by atoms with Gasteiger partial charge in [0.05, 0.1) is 21.4 Å². The highest BCUT2D eigenvalue weighted by Crippen LogP contribution is 2.35. The molecule has 1 fully saturated rings. The molecule has 0 bridgehead atoms. The molecule has 2 aliphatic rings. The molecule has 194 valence electrons. The predicted molar refractivity (Wildman–Crippen MR) is 143 cm³/mol. The number of fused-ring (bicyclic) bond motifs is 1. The van der Waals surface area contributed by atoms with E-state index in [1.54, 1.807) is 42.5 Å². The zero-order valence-corrected chi connectivity index (χ0v) is 22.3. The second-order valence-corrected chi connectivity index (χ2v) is 13.4. The Morgan fingerprint density at radius 3 is 2.30 bits per heavy atom. The molecule has 37 heavy (non-hydrogen) atoms. The number of carbonyl (C=O) groups is 1. The fourth-order valence-electron chi connectivity index (χ4n) is 4.77. The SMILES string of the molecule is O=C(Nc1ccc2c(c1)N(S(=O)(=O)c1ccc(Cl)cc1)CC2)[C@H]1CCCN(S(=O)(=O)c2ccccc2)C1. The van der Waals surface area contributed by atoms with Crippen LogP contribution in [-0.2, 0) is 31.3 Å². The van der Waals surface area contributed by atoms with Gasteiger partial charge in [-0.25, -0.2) is 16.8 Å². The quantitative estimate of drug-likeness (QED) is 0.489. The van der Waals surface area contributed by atoms with Crippen molar-refractivity contribution in [1.29, 1.82) is 0 Å². The lowest BCUT2D eigenvalue weighted by Gasteiger charge is -2.31. The number of hydrogen-bond donors (Lipinski definition) is 1. The van der Waals surface area contributed by atoms with Crippen molar-refractivity contribution in [1.82, 2.24) is 4.31 Å². The number of anilines is 2. The van der Waals surface area contributed by atoms with Gasteiger partial charge in [0.15, 0.2) is 0 Å². The third-order valence-electron chi connectivity index (χ3n) is 6.74. The Labute approximate surface area is 222 Å². The van der Waals surface area contributed by atoms with E-state index in [9.17, 15) is 21.6 Å². The molecule has 8 nitrogen and oxygen atoms in total. The minimum atomic E-state index is -3.80. The van der Waals surface area contributed by atoms with Gasteiger partial charge in [0.2, 0.25) is 15.9 Å². The molecule has 5 rings (SSSR count). The van der Waals surface area contributed by atoms with E-state index in [0.29, 0.717) is 48.7 Å². The summed E-state index contributed by atoms with van der Waals surface area (Å²) < 4.78 is 55.3. The van der Waals surface area contributed by atoms with Gasteiger partial charge >= 0.3 is 0 Å². The van der Waals surface area contributed by atoms with Gasteiger partial charge in [-0.3, -0.25) is 9.10 Å². The van der Waals surface area contributed by atoms with Crippen LogP contribution in [-0.4, -0.2) is 46.7 Å². The van der Waals surface area contributed by atoms with Gasteiger partial charge in [-0.2, -0.15) is 4.31 Å². The van der Waals surface area contributed by atoms with E-state index in [0.717, 1.165) is 5.56 Å². The highest BCUT2D eigenvalue weighted by atomic mass is 35.5. The van der Waals surface area contributed by atoms with Gasteiger partial charge in [-0.05, 0) is 73.4 Å². The van der Waals surface area contributed by atoms with Crippen LogP contribution < -0.4 is 9.62 Å². The van der Waals surface area contributed by atoms with E-state index in [4.69, 9.17) is 11.6 Å². The van der Waals surface area contributed by atoms with Crippen LogP contribution in [0.15, 0.2) is 82.6 Å². The number of rotatable bonds is 6. The summed E-state index contributed by atoms with van der Waals surface area (Å²) in [6.45, 7) is 0.745. The molecule has 3 aromatic carbocycles. The molecule has 11 heteroatoms. The zero-order chi connectivity index (χ0) is 26.2. The van der Waals surface area contributed by atoms with E-state index in [-0.39, 0.29) is 22.2 Å². The third-order valence-corrected chi connectivity index (χ3v) is 10.7. The molecular weight excluding hydrogens is 534 g/mol. The first kappa shape index (κ1) is 25.7. The number of nitrogens with zero attached hydrogens (tertiary/aromatic N) is 2. The summed E-state index contributed by atoms with van der Waals surface area (Å²) in [5.74, 6) is -0.813. The molecule has 1 atom stereocenters. The summed E-state index contributed by atoms with van der Waals surface area (Å²) in [6.07, 6.45) is 1.70. The van der Waals surface area contributed by atoms with Gasteiger partial charge in [0.25, 0.3) is 10.0 Å². The average molecular weight is 560 g/mol. The first-order chi connectivity index (χ1) is 17.7. The topological polar surface area (TPSA) is 104 Å². The van der Waals surface area contributed by atoms with Crippen molar-refractivity contribution in [2.75, 3.05) is 29.3 Å². The summed E-state index contributed by atoms with van der Waals surface area (Å²) in [5, 5.41) is 3.32. The lowest BCUT2D eigenvalue weighted by Crippen LogP contribution is -2.43. The maximum Gasteiger partial charge on any atom is 0.264 e. The number of hydrogen-bond acceptors (Lipinski definition) is 5. The Balaban J connectivity index is 1.32. The average Bonchev–Trinajstić information content (AvgIpc) is 3.34. The first-order valence-electron chi connectivity index (χ1n) is 11.9. The van der Waals surface area contributed by atoms with Crippen LogP contribution in [0, 0.1) is 5.92 Å². The van der Waals surface area contributed by atoms with Crippen LogP contribution in [0.3, 0.4) is 0 Å². The maximum absolute atomic E-state index is 13.3. The lowest BCUT2D eigenvalue weighted by atomic mass is 9.98. The summed E-state index contributed by atoms with van der Waals surface area (Å²) in [7, 11) is -7.49. The van der Waals surface area contributed by atoms with Gasteiger partial charge < -0.3 is 5.32 Å². The predicted octanol–water partition coefficient (Wildman–Crippen LogP) is 4.13. The van der Waals surface area contributed by atoms with Crippen molar-refractivity contribution < 1.29 is 21.6 Å². The monoisotopic (exact) mass is 559 g/mol. The molecule has 0 aromatic heterocycles. The summed E-state index contributed by atoms with van der Waals surface area (Å²) in [4.78, 5) is 13.5. The molecule has 0 unspecified atom stereocenters. The molecule has 3 aromatic rings. The van der Waals surface area contributed by atoms with E-state index in [1.165, 1.54) is 32.9 Å². The Morgan fingerprint density at radius 2 is 1.57 bits per heavy atom. The molecule has 0 radical (unpaired) electrons. The highest BCUT2D eigenvalue weighted by molar-refractivity contribution is 7.92. The fourth-order valence-corrected chi connectivity index (χ4v) is 7.94. The molecule has 1 amide bonds. The Kier molecular flexibility index (Phi) is 7.01. The fraction of sp³-hybridized carbons (Fsp3) is 0.269. The van der Waals surface area contributed by atoms with Crippen molar-refractivity contribution in [3.05, 3.63) is 83.4 Å². The van der Waals surface area contributed by atoms with Crippen LogP contribution in [0.25, 0.3) is 0 Å². The molecule has 2 heterocycles. The maximum atomic E-state index is 13.3. The Morgan fingerprint density at radius 1 is 0.865 bits per heavy atom. The summed E-state index contributed by atoms with van der Waals surface area (Å²) >= 11 is 5.92. The molecule has 0 aliphatic carbocycles. The van der Waals surface area contributed by atoms with Crippen molar-refractivity contribution in [2.24, 2.45) is 5.92 Å². The number of halogens is 1. The number of benzene rings is 3. The normalized spacial score (nSPS) is 18.4. The minimum Gasteiger partial charge on any atom is -0.326 e. The van der Waals surface area contributed by atoms with E-state index < -0.39 is 26.0 Å². The number of amides is 1. The molecule has 2 aliphatic heterocycles. The van der Waals surface area contributed by atoms with Crippen LogP contribution in [0.5, 0.6) is 0 Å². The van der Waals surface area contributed by atoms with Gasteiger partial charge in [0, 0.05) is 30.3 Å². The van der Waals surface area contributed by atoms with E-state index in [1.807, 2.05) is 6.07 Å². The van der Waals surface area contributed by atoms with E-state index in [2.05, 4.69) is 5.32 Å². The zero-order valence-electron chi connectivity index (χ0n) is 19.9. The molecule has 0 spiro atoms. The Bertz CT molecular complexity index is 1530. The van der Waals surface area contributed by atoms with Crippen LogP contribution in [0.4, 0.5) is 11.4 Å². The van der Waals surface area contributed by atoms with Crippen molar-refractivity contribution >= 4 is 48.9 Å². The third kappa shape index (κ3) is 5.11. The van der Waals surface area contributed by atoms with Gasteiger partial charge in [-0.1, -0.05) is 35.9 Å². The first-order valence-corrected chi connectivity index (χ1v) is 15.2. The summed E-state index contributed by atoms with van der Waals surface area (Å²) in [5.41, 5.74) is 1.85. The lowest BCUT2D eigenvalue weighted by molar-refractivity contribution is -0.120. The second-order valence-electron chi connectivity index (χ2n) is 9.13. The minimum absolute atomic E-state index is 0.0884. The Hall–Kier alpha value is -2.92. The number of piperidine rings is 1. The van der Waals surface area contributed by atoms with Crippen molar-refractivity contribution in [2.45, 2.75) is 29.1 Å². The van der Waals surface area contributed by atoms with Gasteiger partial charge in [-0.15, -0.1) is 0 Å². The highest BCUT2D eigenvalue weighted by Gasteiger charge is 2.34. The van der Waals surface area contributed by atoms with Crippen LogP contribution >= 0.6 is 11.6 Å². The van der Waals surface area contributed by atoms with Crippen molar-refractivity contribution in [3.63, 3.8) is 0 Å². The molecule has 1 N–H and O–H groups in total. The number of sulfonamides is 2. The van der Waals surface area contributed by atoms with Crippen molar-refractivity contribution in [3.8, 4) is 0 Å². The van der Waals surface area contributed by atoms with Crippen LogP contribution in [0.1, 0.15) is 18.4 Å². The number of carbonyl (C=O) groups excluding carboxylic acids is 1.